The van der Waals surface area contributed by atoms with Crippen LogP contribution in [0.3, 0.4) is 0 Å². The van der Waals surface area contributed by atoms with Gasteiger partial charge in [-0.1, -0.05) is 0 Å². The SMILES string of the molecule is NCCC1C(=O)NC(=O)N1C1CC1. The second-order valence-corrected chi connectivity index (χ2v) is 3.53. The second-order valence-electron chi connectivity index (χ2n) is 3.53. The predicted octanol–water partition coefficient (Wildman–Crippen LogP) is -0.582. The van der Waals surface area contributed by atoms with Crippen LogP contribution in [0, 0.1) is 0 Å². The van der Waals surface area contributed by atoms with Gasteiger partial charge in [-0.2, -0.15) is 0 Å². The van der Waals surface area contributed by atoms with Crippen LogP contribution in [0.25, 0.3) is 0 Å². The molecule has 1 aliphatic heterocycles. The van der Waals surface area contributed by atoms with E-state index < -0.39 is 0 Å². The molecule has 1 heterocycles. The molecular formula is C8H13N3O2. The Hall–Kier alpha value is -1.10. The first-order chi connectivity index (χ1) is 6.24. The standard InChI is InChI=1S/C8H13N3O2/c9-4-3-6-7(12)10-8(13)11(6)5-1-2-5/h5-6H,1-4,9H2,(H,10,12,13). The van der Waals surface area contributed by atoms with Crippen LogP contribution < -0.4 is 11.1 Å². The zero-order valence-electron chi connectivity index (χ0n) is 7.32. The van der Waals surface area contributed by atoms with Crippen molar-refractivity contribution in [3.63, 3.8) is 0 Å². The minimum absolute atomic E-state index is 0.192. The maximum absolute atomic E-state index is 11.3. The summed E-state index contributed by atoms with van der Waals surface area (Å²) in [6.07, 6.45) is 2.59. The Morgan fingerprint density at radius 3 is 2.69 bits per heavy atom. The number of nitrogens with zero attached hydrogens (tertiary/aromatic N) is 1. The largest absolute Gasteiger partial charge is 0.330 e. The van der Waals surface area contributed by atoms with E-state index in [1.807, 2.05) is 0 Å². The van der Waals surface area contributed by atoms with Crippen molar-refractivity contribution >= 4 is 11.9 Å². The molecule has 5 nitrogen and oxygen atoms in total. The van der Waals surface area contributed by atoms with Gasteiger partial charge in [0.05, 0.1) is 0 Å². The highest BCUT2D eigenvalue weighted by molar-refractivity contribution is 6.04. The van der Waals surface area contributed by atoms with Crippen LogP contribution in [0.2, 0.25) is 0 Å². The number of hydrogen-bond acceptors (Lipinski definition) is 3. The minimum Gasteiger partial charge on any atom is -0.330 e. The van der Waals surface area contributed by atoms with Gasteiger partial charge >= 0.3 is 6.03 Å². The lowest BCUT2D eigenvalue weighted by Gasteiger charge is -2.20. The van der Waals surface area contributed by atoms with E-state index in [0.717, 1.165) is 12.8 Å². The number of carbonyl (C=O) groups excluding carboxylic acids is 2. The number of nitrogens with one attached hydrogen (secondary N) is 1. The highest BCUT2D eigenvalue weighted by Crippen LogP contribution is 2.31. The maximum Gasteiger partial charge on any atom is 0.325 e. The molecule has 2 aliphatic rings. The summed E-state index contributed by atoms with van der Waals surface area (Å²) in [4.78, 5) is 24.2. The van der Waals surface area contributed by atoms with Crippen molar-refractivity contribution in [2.24, 2.45) is 5.73 Å². The molecule has 1 unspecified atom stereocenters. The number of hydrogen-bond donors (Lipinski definition) is 2. The Morgan fingerprint density at radius 1 is 1.46 bits per heavy atom. The fraction of sp³-hybridized carbons (Fsp3) is 0.750. The van der Waals surface area contributed by atoms with Crippen LogP contribution in [0.15, 0.2) is 0 Å². The lowest BCUT2D eigenvalue weighted by Crippen LogP contribution is -2.38. The molecule has 0 bridgehead atoms. The fourth-order valence-electron chi connectivity index (χ4n) is 1.72. The molecule has 0 spiro atoms. The van der Waals surface area contributed by atoms with Crippen molar-refractivity contribution < 1.29 is 9.59 Å². The normalized spacial score (nSPS) is 28.1. The Labute approximate surface area is 76.3 Å². The summed E-state index contributed by atoms with van der Waals surface area (Å²) >= 11 is 0. The van der Waals surface area contributed by atoms with Crippen molar-refractivity contribution in [2.75, 3.05) is 6.54 Å². The smallest absolute Gasteiger partial charge is 0.325 e. The van der Waals surface area contributed by atoms with E-state index in [4.69, 9.17) is 5.73 Å². The van der Waals surface area contributed by atoms with Gasteiger partial charge in [0.1, 0.15) is 6.04 Å². The van der Waals surface area contributed by atoms with Gasteiger partial charge in [-0.15, -0.1) is 0 Å². The van der Waals surface area contributed by atoms with E-state index in [9.17, 15) is 9.59 Å². The third-order valence-electron chi connectivity index (χ3n) is 2.48. The molecule has 2 rings (SSSR count). The summed E-state index contributed by atoms with van der Waals surface area (Å²) in [6, 6.07) is -0.279. The molecule has 72 valence electrons. The molecule has 0 aromatic rings. The highest BCUT2D eigenvalue weighted by atomic mass is 16.2. The van der Waals surface area contributed by atoms with Crippen molar-refractivity contribution in [2.45, 2.75) is 31.3 Å². The van der Waals surface area contributed by atoms with Crippen molar-refractivity contribution in [1.29, 1.82) is 0 Å². The maximum atomic E-state index is 11.3. The van der Waals surface area contributed by atoms with Gasteiger partial charge in [-0.25, -0.2) is 4.79 Å². The van der Waals surface area contributed by atoms with Gasteiger partial charge in [-0.3, -0.25) is 10.1 Å². The number of amides is 3. The van der Waals surface area contributed by atoms with Gasteiger partial charge in [-0.05, 0) is 25.8 Å². The zero-order chi connectivity index (χ0) is 9.42. The molecular weight excluding hydrogens is 170 g/mol. The number of nitrogens with two attached hydrogens (primary N) is 1. The molecule has 3 N–H and O–H groups in total. The number of carbonyl (C=O) groups is 2. The molecule has 3 amide bonds. The molecule has 5 heteroatoms. The minimum atomic E-state index is -0.315. The number of imide groups is 1. The predicted molar refractivity (Wildman–Crippen MR) is 45.9 cm³/mol. The average Bonchev–Trinajstić information content (AvgIpc) is 2.83. The number of urea groups is 1. The lowest BCUT2D eigenvalue weighted by atomic mass is 10.2. The second kappa shape index (κ2) is 2.99. The molecule has 1 atom stereocenters. The average molecular weight is 183 g/mol. The quantitative estimate of drug-likeness (QED) is 0.575. The third-order valence-corrected chi connectivity index (χ3v) is 2.48. The molecule has 0 radical (unpaired) electrons. The number of rotatable bonds is 3. The van der Waals surface area contributed by atoms with Crippen LogP contribution in [0.5, 0.6) is 0 Å². The summed E-state index contributed by atoms with van der Waals surface area (Å²) in [7, 11) is 0. The summed E-state index contributed by atoms with van der Waals surface area (Å²) in [5, 5.41) is 2.32. The van der Waals surface area contributed by atoms with Gasteiger partial charge in [0.25, 0.3) is 5.91 Å². The molecule has 1 aliphatic carbocycles. The molecule has 1 saturated heterocycles. The van der Waals surface area contributed by atoms with Gasteiger partial charge in [0, 0.05) is 6.04 Å². The molecule has 1 saturated carbocycles. The highest BCUT2D eigenvalue weighted by Gasteiger charge is 2.45. The lowest BCUT2D eigenvalue weighted by molar-refractivity contribution is -0.121. The topological polar surface area (TPSA) is 75.4 Å². The van der Waals surface area contributed by atoms with Crippen molar-refractivity contribution in [3.05, 3.63) is 0 Å². The Kier molecular flexibility index (Phi) is 1.95. The first-order valence-corrected chi connectivity index (χ1v) is 4.57. The van der Waals surface area contributed by atoms with Crippen molar-refractivity contribution in [3.8, 4) is 0 Å². The zero-order valence-corrected chi connectivity index (χ0v) is 7.32. The van der Waals surface area contributed by atoms with Crippen LogP contribution in [0.4, 0.5) is 4.79 Å². The Morgan fingerprint density at radius 2 is 2.15 bits per heavy atom. The van der Waals surface area contributed by atoms with E-state index in [-0.39, 0.29) is 24.0 Å². The summed E-state index contributed by atoms with van der Waals surface area (Å²) in [6.45, 7) is 0.439. The van der Waals surface area contributed by atoms with Gasteiger partial charge in [0.15, 0.2) is 0 Å². The summed E-state index contributed by atoms with van der Waals surface area (Å²) < 4.78 is 0. The monoisotopic (exact) mass is 183 g/mol. The summed E-state index contributed by atoms with van der Waals surface area (Å²) in [5.41, 5.74) is 5.38. The van der Waals surface area contributed by atoms with Gasteiger partial charge < -0.3 is 10.6 Å². The summed E-state index contributed by atoms with van der Waals surface area (Å²) in [5.74, 6) is -0.192. The van der Waals surface area contributed by atoms with E-state index in [1.165, 1.54) is 0 Å². The Bertz CT molecular complexity index is 250. The van der Waals surface area contributed by atoms with E-state index in [1.54, 1.807) is 4.90 Å². The van der Waals surface area contributed by atoms with E-state index in [0.29, 0.717) is 13.0 Å². The molecule has 0 aromatic carbocycles. The Balaban J connectivity index is 2.10. The van der Waals surface area contributed by atoms with Crippen LogP contribution in [-0.2, 0) is 4.79 Å². The van der Waals surface area contributed by atoms with Gasteiger partial charge in [0.2, 0.25) is 0 Å². The van der Waals surface area contributed by atoms with E-state index in [2.05, 4.69) is 5.32 Å². The first-order valence-electron chi connectivity index (χ1n) is 4.57. The van der Waals surface area contributed by atoms with Crippen LogP contribution >= 0.6 is 0 Å². The van der Waals surface area contributed by atoms with Crippen LogP contribution in [0.1, 0.15) is 19.3 Å². The fourth-order valence-corrected chi connectivity index (χ4v) is 1.72. The molecule has 13 heavy (non-hydrogen) atoms. The van der Waals surface area contributed by atoms with Crippen molar-refractivity contribution in [1.82, 2.24) is 10.2 Å². The van der Waals surface area contributed by atoms with E-state index >= 15 is 0 Å². The third kappa shape index (κ3) is 1.39. The first kappa shape index (κ1) is 8.50. The van der Waals surface area contributed by atoms with Crippen LogP contribution in [-0.4, -0.2) is 35.5 Å². The molecule has 0 aromatic heterocycles. The molecule has 2 fully saturated rings.